The minimum atomic E-state index is 0.767. The minimum Gasteiger partial charge on any atom is -0.468 e. The molecule has 0 aliphatic heterocycles. The van der Waals surface area contributed by atoms with E-state index in [0.29, 0.717) is 0 Å². The molecule has 5 aromatic rings. The predicted molar refractivity (Wildman–Crippen MR) is 100 cm³/mol. The van der Waals surface area contributed by atoms with E-state index in [-0.39, 0.29) is 0 Å². The van der Waals surface area contributed by atoms with Gasteiger partial charge < -0.3 is 8.83 Å². The first-order valence-electron chi connectivity index (χ1n) is 8.55. The zero-order chi connectivity index (χ0) is 17.3. The number of nitrogens with zero attached hydrogens (tertiary/aromatic N) is 2. The summed E-state index contributed by atoms with van der Waals surface area (Å²) in [5.41, 5.74) is 2.44. The molecule has 0 unspecified atom stereocenters. The van der Waals surface area contributed by atoms with Crippen LogP contribution >= 0.6 is 0 Å². The Bertz CT molecular complexity index is 1090. The first-order valence-corrected chi connectivity index (χ1v) is 8.55. The number of benzene rings is 1. The molecule has 0 aliphatic carbocycles. The summed E-state index contributed by atoms with van der Waals surface area (Å²) in [4.78, 5) is 8.26. The molecule has 0 N–H and O–H groups in total. The molecule has 0 radical (unpaired) electrons. The number of rotatable bonds is 4. The van der Waals surface area contributed by atoms with Crippen molar-refractivity contribution in [2.24, 2.45) is 0 Å². The third-order valence-corrected chi connectivity index (χ3v) is 4.71. The first-order chi connectivity index (χ1) is 12.9. The Kier molecular flexibility index (Phi) is 3.53. The summed E-state index contributed by atoms with van der Waals surface area (Å²) in [6.45, 7) is 0. The Morgan fingerprint density at radius 1 is 0.615 bits per heavy atom. The van der Waals surface area contributed by atoms with Crippen LogP contribution in [-0.2, 0) is 12.8 Å². The first kappa shape index (κ1) is 14.9. The third kappa shape index (κ3) is 2.65. The van der Waals surface area contributed by atoms with Crippen LogP contribution in [0.15, 0.2) is 82.5 Å². The Labute approximate surface area is 150 Å². The van der Waals surface area contributed by atoms with Crippen LogP contribution in [-0.4, -0.2) is 9.97 Å². The Balaban J connectivity index is 1.37. The number of hydrogen-bond acceptors (Lipinski definition) is 4. The van der Waals surface area contributed by atoms with E-state index in [1.54, 1.807) is 24.9 Å². The fourth-order valence-electron chi connectivity index (χ4n) is 3.32. The normalized spacial score (nSPS) is 11.4. The molecule has 5 rings (SSSR count). The van der Waals surface area contributed by atoms with Gasteiger partial charge in [-0.05, 0) is 23.3 Å². The highest BCUT2D eigenvalue weighted by Crippen LogP contribution is 2.25. The fraction of sp³-hybridized carbons (Fsp3) is 0.0909. The fourth-order valence-corrected chi connectivity index (χ4v) is 3.32. The highest BCUT2D eigenvalue weighted by atomic mass is 16.3. The van der Waals surface area contributed by atoms with Crippen LogP contribution in [0, 0.1) is 0 Å². The lowest BCUT2D eigenvalue weighted by atomic mass is 10.0. The minimum absolute atomic E-state index is 0.767. The summed E-state index contributed by atoms with van der Waals surface area (Å²) in [7, 11) is 0. The molecule has 4 nitrogen and oxygen atoms in total. The van der Waals surface area contributed by atoms with Crippen molar-refractivity contribution in [1.82, 2.24) is 9.97 Å². The van der Waals surface area contributed by atoms with Crippen molar-refractivity contribution >= 4 is 21.5 Å². The van der Waals surface area contributed by atoms with Crippen LogP contribution in [0.1, 0.15) is 22.6 Å². The van der Waals surface area contributed by atoms with Gasteiger partial charge in [-0.25, -0.2) is 0 Å². The smallest absolute Gasteiger partial charge is 0.116 e. The van der Waals surface area contributed by atoms with E-state index in [9.17, 15) is 0 Å². The molecule has 0 bridgehead atoms. The van der Waals surface area contributed by atoms with Gasteiger partial charge in [0.1, 0.15) is 24.0 Å². The standard InChI is InChI=1S/C22H16N2O2/c1-2-16(10-22-20-6-8-24-12-18(20)14-26-22)4-3-15(1)9-21-19-5-7-23-11-17(19)13-25-21/h1-8,11-14H,9-10H2. The van der Waals surface area contributed by atoms with Gasteiger partial charge in [-0.1, -0.05) is 24.3 Å². The maximum absolute atomic E-state index is 5.72. The lowest BCUT2D eigenvalue weighted by Crippen LogP contribution is -1.90. The van der Waals surface area contributed by atoms with Crippen molar-refractivity contribution in [3.63, 3.8) is 0 Å². The molecule has 0 atom stereocenters. The van der Waals surface area contributed by atoms with E-state index < -0.39 is 0 Å². The maximum atomic E-state index is 5.72. The molecule has 0 amide bonds. The topological polar surface area (TPSA) is 52.1 Å². The van der Waals surface area contributed by atoms with Gasteiger partial charge in [0.15, 0.2) is 0 Å². The summed E-state index contributed by atoms with van der Waals surface area (Å²) >= 11 is 0. The molecule has 0 saturated carbocycles. The van der Waals surface area contributed by atoms with Gasteiger partial charge >= 0.3 is 0 Å². The highest BCUT2D eigenvalue weighted by molar-refractivity contribution is 5.84. The molecule has 0 spiro atoms. The molecule has 4 heterocycles. The van der Waals surface area contributed by atoms with Crippen LogP contribution in [0.3, 0.4) is 0 Å². The Morgan fingerprint density at radius 2 is 1.08 bits per heavy atom. The average molecular weight is 340 g/mol. The van der Waals surface area contributed by atoms with E-state index in [0.717, 1.165) is 45.9 Å². The van der Waals surface area contributed by atoms with Crippen molar-refractivity contribution in [1.29, 1.82) is 0 Å². The molecule has 4 heteroatoms. The predicted octanol–water partition coefficient (Wildman–Crippen LogP) is 5.15. The second kappa shape index (κ2) is 6.15. The monoisotopic (exact) mass is 340 g/mol. The number of aromatic nitrogens is 2. The Hall–Kier alpha value is -3.40. The quantitative estimate of drug-likeness (QED) is 0.454. The zero-order valence-corrected chi connectivity index (χ0v) is 14.1. The van der Waals surface area contributed by atoms with Gasteiger partial charge in [-0.15, -0.1) is 0 Å². The van der Waals surface area contributed by atoms with Gasteiger partial charge in [-0.3, -0.25) is 9.97 Å². The molecule has 26 heavy (non-hydrogen) atoms. The van der Waals surface area contributed by atoms with E-state index >= 15 is 0 Å². The van der Waals surface area contributed by atoms with E-state index in [4.69, 9.17) is 8.83 Å². The van der Waals surface area contributed by atoms with Gasteiger partial charge in [0, 0.05) is 59.2 Å². The SMILES string of the molecule is c1cc2c(Cc3ccc(Cc4occ5cnccc45)cc3)occ2cn1. The zero-order valence-electron chi connectivity index (χ0n) is 14.1. The van der Waals surface area contributed by atoms with Crippen molar-refractivity contribution in [3.05, 3.63) is 96.4 Å². The van der Waals surface area contributed by atoms with Crippen molar-refractivity contribution in [2.75, 3.05) is 0 Å². The van der Waals surface area contributed by atoms with Crippen LogP contribution in [0.2, 0.25) is 0 Å². The molecule has 0 fully saturated rings. The van der Waals surface area contributed by atoms with Crippen LogP contribution in [0.25, 0.3) is 21.5 Å². The molecule has 4 aromatic heterocycles. The van der Waals surface area contributed by atoms with Gasteiger partial charge in [0.05, 0.1) is 0 Å². The van der Waals surface area contributed by atoms with Gasteiger partial charge in [0.25, 0.3) is 0 Å². The van der Waals surface area contributed by atoms with Gasteiger partial charge in [-0.2, -0.15) is 0 Å². The molecule has 1 aromatic carbocycles. The highest BCUT2D eigenvalue weighted by Gasteiger charge is 2.09. The maximum Gasteiger partial charge on any atom is 0.116 e. The van der Waals surface area contributed by atoms with E-state index in [2.05, 4.69) is 34.2 Å². The van der Waals surface area contributed by atoms with Crippen LogP contribution < -0.4 is 0 Å². The number of pyridine rings is 2. The van der Waals surface area contributed by atoms with Crippen molar-refractivity contribution in [2.45, 2.75) is 12.8 Å². The molecule has 0 saturated heterocycles. The largest absolute Gasteiger partial charge is 0.468 e. The van der Waals surface area contributed by atoms with Crippen molar-refractivity contribution < 1.29 is 8.83 Å². The molecular weight excluding hydrogens is 324 g/mol. The number of furan rings is 2. The lowest BCUT2D eigenvalue weighted by Gasteiger charge is -2.03. The number of hydrogen-bond donors (Lipinski definition) is 0. The Morgan fingerprint density at radius 3 is 1.54 bits per heavy atom. The lowest BCUT2D eigenvalue weighted by molar-refractivity contribution is 0.525. The molecule has 126 valence electrons. The van der Waals surface area contributed by atoms with Crippen molar-refractivity contribution in [3.8, 4) is 0 Å². The second-order valence-electron chi connectivity index (χ2n) is 6.41. The van der Waals surface area contributed by atoms with Crippen LogP contribution in [0.4, 0.5) is 0 Å². The van der Waals surface area contributed by atoms with E-state index in [1.807, 2.05) is 24.5 Å². The third-order valence-electron chi connectivity index (χ3n) is 4.71. The number of fused-ring (bicyclic) bond motifs is 2. The van der Waals surface area contributed by atoms with E-state index in [1.165, 1.54) is 11.1 Å². The summed E-state index contributed by atoms with van der Waals surface area (Å²) in [5.74, 6) is 1.94. The summed E-state index contributed by atoms with van der Waals surface area (Å²) in [6.07, 6.45) is 12.3. The molecular formula is C22H16N2O2. The second-order valence-corrected chi connectivity index (χ2v) is 6.41. The summed E-state index contributed by atoms with van der Waals surface area (Å²) in [6, 6.07) is 12.6. The summed E-state index contributed by atoms with van der Waals surface area (Å²) in [5, 5.41) is 4.33. The summed E-state index contributed by atoms with van der Waals surface area (Å²) < 4.78 is 11.4. The van der Waals surface area contributed by atoms with Crippen LogP contribution in [0.5, 0.6) is 0 Å². The van der Waals surface area contributed by atoms with Gasteiger partial charge in [0.2, 0.25) is 0 Å². The average Bonchev–Trinajstić information content (AvgIpc) is 3.28. The molecule has 0 aliphatic rings.